The van der Waals surface area contributed by atoms with Crippen molar-refractivity contribution in [2.24, 2.45) is 0 Å². The molecule has 0 bridgehead atoms. The van der Waals surface area contributed by atoms with E-state index in [1.54, 1.807) is 0 Å². The summed E-state index contributed by atoms with van der Waals surface area (Å²) >= 11 is 1.53. The number of anilines is 1. The zero-order chi connectivity index (χ0) is 21.6. The molecule has 1 aliphatic carbocycles. The number of nitrogens with one attached hydrogen (secondary N) is 1. The zero-order valence-electron chi connectivity index (χ0n) is 17.7. The van der Waals surface area contributed by atoms with Gasteiger partial charge in [-0.15, -0.1) is 11.3 Å². The van der Waals surface area contributed by atoms with E-state index < -0.39 is 0 Å². The summed E-state index contributed by atoms with van der Waals surface area (Å²) < 4.78 is 5.05. The van der Waals surface area contributed by atoms with Crippen molar-refractivity contribution in [3.63, 3.8) is 0 Å². The molecule has 0 spiro atoms. The average Bonchev–Trinajstić information content (AvgIpc) is 3.16. The molecule has 0 radical (unpaired) electrons. The van der Waals surface area contributed by atoms with Gasteiger partial charge in [-0.1, -0.05) is 60.7 Å². The maximum absolute atomic E-state index is 12.6. The molecule has 31 heavy (non-hydrogen) atoms. The summed E-state index contributed by atoms with van der Waals surface area (Å²) in [4.78, 5) is 26.3. The summed E-state index contributed by atoms with van der Waals surface area (Å²) in [6, 6.07) is 20.7. The molecule has 0 fully saturated rings. The topological polar surface area (TPSA) is 55.4 Å². The van der Waals surface area contributed by atoms with E-state index in [-0.39, 0.29) is 11.9 Å². The molecule has 0 aliphatic heterocycles. The number of fused-ring (bicyclic) bond motifs is 1. The molecule has 0 saturated heterocycles. The highest BCUT2D eigenvalue weighted by Crippen LogP contribution is 2.42. The highest BCUT2D eigenvalue weighted by atomic mass is 32.1. The predicted octanol–water partition coefficient (Wildman–Crippen LogP) is 5.77. The van der Waals surface area contributed by atoms with Gasteiger partial charge >= 0.3 is 5.97 Å². The van der Waals surface area contributed by atoms with Gasteiger partial charge in [0.15, 0.2) is 0 Å². The SMILES string of the molecule is COC(=O)c1c(NC(=O)CCCc2ccccc2)sc2c1CCC(c1ccccc1)C2. The molecule has 5 heteroatoms. The number of rotatable bonds is 7. The van der Waals surface area contributed by atoms with Gasteiger partial charge in [-0.3, -0.25) is 4.79 Å². The summed E-state index contributed by atoms with van der Waals surface area (Å²) in [7, 11) is 1.40. The van der Waals surface area contributed by atoms with Crippen LogP contribution in [-0.2, 0) is 28.8 Å². The van der Waals surface area contributed by atoms with E-state index in [2.05, 4.69) is 41.7 Å². The number of carbonyl (C=O) groups excluding carboxylic acids is 2. The van der Waals surface area contributed by atoms with E-state index in [0.29, 0.717) is 22.9 Å². The first-order chi connectivity index (χ1) is 15.2. The van der Waals surface area contributed by atoms with Gasteiger partial charge in [0.05, 0.1) is 12.7 Å². The number of carbonyl (C=O) groups is 2. The molecule has 160 valence electrons. The van der Waals surface area contributed by atoms with Crippen LogP contribution in [0.2, 0.25) is 0 Å². The standard InChI is InChI=1S/C26H27NO3S/c1-30-26(29)24-21-16-15-20(19-12-6-3-7-13-19)17-22(21)31-25(24)27-23(28)14-8-11-18-9-4-2-5-10-18/h2-7,9-10,12-13,20H,8,11,14-17H2,1H3,(H,27,28). The molecule has 1 N–H and O–H groups in total. The van der Waals surface area contributed by atoms with Crippen molar-refractivity contribution in [2.75, 3.05) is 12.4 Å². The molecular formula is C26H27NO3S. The van der Waals surface area contributed by atoms with E-state index >= 15 is 0 Å². The van der Waals surface area contributed by atoms with Crippen LogP contribution in [0.1, 0.15) is 57.1 Å². The molecule has 1 unspecified atom stereocenters. The third-order valence-electron chi connectivity index (χ3n) is 5.89. The molecule has 1 amide bonds. The second-order valence-corrected chi connectivity index (χ2v) is 9.04. The lowest BCUT2D eigenvalue weighted by atomic mass is 9.83. The Labute approximate surface area is 187 Å². The summed E-state index contributed by atoms with van der Waals surface area (Å²) in [5, 5.41) is 3.64. The van der Waals surface area contributed by atoms with Gasteiger partial charge < -0.3 is 10.1 Å². The van der Waals surface area contributed by atoms with Crippen molar-refractivity contribution < 1.29 is 14.3 Å². The first-order valence-corrected chi connectivity index (χ1v) is 11.6. The molecule has 2 aromatic carbocycles. The van der Waals surface area contributed by atoms with Gasteiger partial charge in [0.2, 0.25) is 5.91 Å². The largest absolute Gasteiger partial charge is 0.465 e. The zero-order valence-corrected chi connectivity index (χ0v) is 18.5. The molecule has 3 aromatic rings. The Morgan fingerprint density at radius 2 is 1.77 bits per heavy atom. The maximum atomic E-state index is 12.6. The summed E-state index contributed by atoms with van der Waals surface area (Å²) in [6.45, 7) is 0. The average molecular weight is 434 g/mol. The fourth-order valence-electron chi connectivity index (χ4n) is 4.29. The van der Waals surface area contributed by atoms with Gasteiger partial charge in [0, 0.05) is 11.3 Å². The second kappa shape index (κ2) is 9.92. The van der Waals surface area contributed by atoms with Crippen molar-refractivity contribution >= 4 is 28.2 Å². The number of amides is 1. The molecule has 4 rings (SSSR count). The van der Waals surface area contributed by atoms with Crippen LogP contribution >= 0.6 is 11.3 Å². The molecule has 1 aliphatic rings. The van der Waals surface area contributed by atoms with Crippen LogP contribution < -0.4 is 5.32 Å². The highest BCUT2D eigenvalue weighted by Gasteiger charge is 2.30. The van der Waals surface area contributed by atoms with Crippen LogP contribution in [-0.4, -0.2) is 19.0 Å². The van der Waals surface area contributed by atoms with E-state index in [1.807, 2.05) is 24.3 Å². The third-order valence-corrected chi connectivity index (χ3v) is 7.06. The monoisotopic (exact) mass is 433 g/mol. The smallest absolute Gasteiger partial charge is 0.341 e. The minimum absolute atomic E-state index is 0.0562. The minimum atomic E-state index is -0.366. The number of hydrogen-bond acceptors (Lipinski definition) is 4. The molecule has 1 atom stereocenters. The van der Waals surface area contributed by atoms with E-state index in [0.717, 1.165) is 37.7 Å². The molecule has 1 heterocycles. The van der Waals surface area contributed by atoms with Gasteiger partial charge in [-0.05, 0) is 54.7 Å². The highest BCUT2D eigenvalue weighted by molar-refractivity contribution is 7.17. The van der Waals surface area contributed by atoms with Crippen molar-refractivity contribution in [3.05, 3.63) is 87.8 Å². The van der Waals surface area contributed by atoms with Crippen molar-refractivity contribution in [2.45, 2.75) is 44.4 Å². The van der Waals surface area contributed by atoms with Crippen LogP contribution in [0.3, 0.4) is 0 Å². The van der Waals surface area contributed by atoms with Gasteiger partial charge in [0.25, 0.3) is 0 Å². The molecular weight excluding hydrogens is 406 g/mol. The van der Waals surface area contributed by atoms with Crippen LogP contribution in [0.15, 0.2) is 60.7 Å². The summed E-state index contributed by atoms with van der Waals surface area (Å²) in [5.41, 5.74) is 4.14. The van der Waals surface area contributed by atoms with Gasteiger partial charge in [0.1, 0.15) is 5.00 Å². The predicted molar refractivity (Wildman–Crippen MR) is 125 cm³/mol. The van der Waals surface area contributed by atoms with Crippen LogP contribution in [0.25, 0.3) is 0 Å². The van der Waals surface area contributed by atoms with E-state index in [1.165, 1.54) is 34.5 Å². The van der Waals surface area contributed by atoms with E-state index in [9.17, 15) is 9.59 Å². The van der Waals surface area contributed by atoms with Crippen molar-refractivity contribution in [1.29, 1.82) is 0 Å². The second-order valence-electron chi connectivity index (χ2n) is 7.94. The summed E-state index contributed by atoms with van der Waals surface area (Å²) in [5.74, 6) is 0.0156. The normalized spacial score (nSPS) is 15.2. The maximum Gasteiger partial charge on any atom is 0.341 e. The number of methoxy groups -OCH3 is 1. The quantitative estimate of drug-likeness (QED) is 0.481. The van der Waals surface area contributed by atoms with Gasteiger partial charge in [-0.2, -0.15) is 0 Å². The van der Waals surface area contributed by atoms with Crippen LogP contribution in [0.5, 0.6) is 0 Å². The Balaban J connectivity index is 1.46. The lowest BCUT2D eigenvalue weighted by Gasteiger charge is -2.22. The molecule has 1 aromatic heterocycles. The number of thiophene rings is 1. The van der Waals surface area contributed by atoms with E-state index in [4.69, 9.17) is 4.74 Å². The fraction of sp³-hybridized carbons (Fsp3) is 0.308. The Kier molecular flexibility index (Phi) is 6.82. The Hall–Kier alpha value is -2.92. The first-order valence-electron chi connectivity index (χ1n) is 10.8. The Bertz CT molecular complexity index is 1040. The lowest BCUT2D eigenvalue weighted by molar-refractivity contribution is -0.116. The van der Waals surface area contributed by atoms with Crippen LogP contribution in [0, 0.1) is 0 Å². The number of ether oxygens (including phenoxy) is 1. The number of esters is 1. The third kappa shape index (κ3) is 5.05. The van der Waals surface area contributed by atoms with Gasteiger partial charge in [-0.25, -0.2) is 4.79 Å². The van der Waals surface area contributed by atoms with Crippen LogP contribution in [0.4, 0.5) is 5.00 Å². The lowest BCUT2D eigenvalue weighted by Crippen LogP contribution is -2.16. The van der Waals surface area contributed by atoms with Crippen molar-refractivity contribution in [3.8, 4) is 0 Å². The van der Waals surface area contributed by atoms with Crippen molar-refractivity contribution in [1.82, 2.24) is 0 Å². The molecule has 0 saturated carbocycles. The fourth-order valence-corrected chi connectivity index (χ4v) is 5.62. The summed E-state index contributed by atoms with van der Waals surface area (Å²) in [6.07, 6.45) is 4.74. The Morgan fingerprint density at radius 3 is 2.48 bits per heavy atom. The Morgan fingerprint density at radius 1 is 1.06 bits per heavy atom. The molecule has 4 nitrogen and oxygen atoms in total. The first kappa shape index (κ1) is 21.3. The number of aryl methyl sites for hydroxylation is 1. The number of hydrogen-bond donors (Lipinski definition) is 1. The minimum Gasteiger partial charge on any atom is -0.465 e. The number of benzene rings is 2.